The van der Waals surface area contributed by atoms with Gasteiger partial charge in [-0.25, -0.2) is 0 Å². The average Bonchev–Trinajstić information content (AvgIpc) is 2.84. The van der Waals surface area contributed by atoms with Gasteiger partial charge < -0.3 is 9.88 Å². The third-order valence-electron chi connectivity index (χ3n) is 2.95. The molecule has 2 rings (SSSR count). The Kier molecular flexibility index (Phi) is 4.02. The van der Waals surface area contributed by atoms with Gasteiger partial charge in [0.25, 0.3) is 5.91 Å². The second-order valence-electron chi connectivity index (χ2n) is 4.53. The largest absolute Gasteiger partial charge is 0.351 e. The number of rotatable bonds is 3. The Labute approximate surface area is 118 Å². The first-order chi connectivity index (χ1) is 9.60. The predicted molar refractivity (Wildman–Crippen MR) is 78.8 cm³/mol. The minimum Gasteiger partial charge on any atom is -0.351 e. The zero-order valence-electron chi connectivity index (χ0n) is 11.4. The highest BCUT2D eigenvalue weighted by atomic mass is 16.1. The van der Waals surface area contributed by atoms with E-state index >= 15 is 0 Å². The fourth-order valence-corrected chi connectivity index (χ4v) is 1.76. The molecule has 20 heavy (non-hydrogen) atoms. The molecule has 0 unspecified atom stereocenters. The van der Waals surface area contributed by atoms with Gasteiger partial charge in [-0.05, 0) is 37.3 Å². The zero-order chi connectivity index (χ0) is 14.5. The number of amides is 1. The highest BCUT2D eigenvalue weighted by molar-refractivity contribution is 6.09. The van der Waals surface area contributed by atoms with Crippen LogP contribution in [-0.4, -0.2) is 10.5 Å². The summed E-state index contributed by atoms with van der Waals surface area (Å²) in [7, 11) is 1.86. The van der Waals surface area contributed by atoms with Crippen LogP contribution in [0.25, 0.3) is 6.08 Å². The van der Waals surface area contributed by atoms with Gasteiger partial charge in [0.2, 0.25) is 0 Å². The molecule has 0 spiro atoms. The van der Waals surface area contributed by atoms with Crippen LogP contribution in [-0.2, 0) is 11.8 Å². The molecule has 4 nitrogen and oxygen atoms in total. The van der Waals surface area contributed by atoms with Crippen molar-refractivity contribution in [1.82, 2.24) is 4.57 Å². The number of aryl methyl sites for hydroxylation is 2. The summed E-state index contributed by atoms with van der Waals surface area (Å²) in [6.07, 6.45) is 3.43. The molecule has 0 bridgehead atoms. The van der Waals surface area contributed by atoms with Crippen LogP contribution < -0.4 is 5.32 Å². The first kappa shape index (κ1) is 13.6. The molecule has 0 aliphatic heterocycles. The Hall–Kier alpha value is -2.80. The third-order valence-corrected chi connectivity index (χ3v) is 2.95. The molecular weight excluding hydrogens is 250 g/mol. The number of hydrogen-bond donors (Lipinski definition) is 1. The molecule has 0 atom stereocenters. The van der Waals surface area contributed by atoms with E-state index in [-0.39, 0.29) is 5.57 Å². The monoisotopic (exact) mass is 265 g/mol. The lowest BCUT2D eigenvalue weighted by molar-refractivity contribution is -0.112. The van der Waals surface area contributed by atoms with Crippen molar-refractivity contribution in [3.8, 4) is 6.07 Å². The van der Waals surface area contributed by atoms with Crippen molar-refractivity contribution in [2.24, 2.45) is 7.05 Å². The average molecular weight is 265 g/mol. The van der Waals surface area contributed by atoms with E-state index in [1.54, 1.807) is 6.08 Å². The molecule has 0 aliphatic carbocycles. The van der Waals surface area contributed by atoms with Gasteiger partial charge in [0.15, 0.2) is 0 Å². The summed E-state index contributed by atoms with van der Waals surface area (Å²) in [4.78, 5) is 12.1. The topological polar surface area (TPSA) is 57.8 Å². The van der Waals surface area contributed by atoms with Crippen LogP contribution in [0.4, 0.5) is 5.69 Å². The molecule has 2 aromatic rings. The van der Waals surface area contributed by atoms with E-state index in [9.17, 15) is 4.79 Å². The summed E-state index contributed by atoms with van der Waals surface area (Å²) in [5, 5.41) is 11.8. The number of nitrogens with zero attached hydrogens (tertiary/aromatic N) is 2. The van der Waals surface area contributed by atoms with Crippen LogP contribution in [0.15, 0.2) is 48.2 Å². The molecule has 1 amide bonds. The number of anilines is 1. The molecule has 1 heterocycles. The second-order valence-corrected chi connectivity index (χ2v) is 4.53. The van der Waals surface area contributed by atoms with Gasteiger partial charge in [-0.15, -0.1) is 0 Å². The molecule has 1 aromatic heterocycles. The maximum atomic E-state index is 12.1. The summed E-state index contributed by atoms with van der Waals surface area (Å²) in [5.74, 6) is -0.405. The van der Waals surface area contributed by atoms with Crippen molar-refractivity contribution >= 4 is 17.7 Å². The summed E-state index contributed by atoms with van der Waals surface area (Å²) in [6.45, 7) is 1.97. The van der Waals surface area contributed by atoms with Gasteiger partial charge >= 0.3 is 0 Å². The van der Waals surface area contributed by atoms with Crippen LogP contribution >= 0.6 is 0 Å². The summed E-state index contributed by atoms with van der Waals surface area (Å²) >= 11 is 0. The van der Waals surface area contributed by atoms with E-state index in [0.717, 1.165) is 11.3 Å². The molecular formula is C16H15N3O. The van der Waals surface area contributed by atoms with E-state index in [1.165, 1.54) is 0 Å². The fraction of sp³-hybridized carbons (Fsp3) is 0.125. The molecule has 0 radical (unpaired) electrons. The highest BCUT2D eigenvalue weighted by Crippen LogP contribution is 2.12. The molecule has 0 aliphatic rings. The minimum atomic E-state index is -0.405. The Morgan fingerprint density at radius 2 is 2.00 bits per heavy atom. The first-order valence-corrected chi connectivity index (χ1v) is 6.21. The van der Waals surface area contributed by atoms with E-state index in [2.05, 4.69) is 5.32 Å². The number of carbonyl (C=O) groups excluding carboxylic acids is 1. The number of carbonyl (C=O) groups is 1. The quantitative estimate of drug-likeness (QED) is 0.685. The Morgan fingerprint density at radius 1 is 1.30 bits per heavy atom. The highest BCUT2D eigenvalue weighted by Gasteiger charge is 2.10. The maximum absolute atomic E-state index is 12.1. The van der Waals surface area contributed by atoms with Gasteiger partial charge in [0.1, 0.15) is 11.6 Å². The normalized spacial score (nSPS) is 10.9. The molecule has 0 saturated carbocycles. The maximum Gasteiger partial charge on any atom is 0.266 e. The van der Waals surface area contributed by atoms with Gasteiger partial charge in [0, 0.05) is 24.6 Å². The molecule has 0 fully saturated rings. The standard InChI is InChI=1S/C16H15N3O/c1-12-5-7-14(8-6-12)18-16(20)13(11-17)10-15-4-3-9-19(15)2/h3-10H,1-2H3,(H,18,20)/b13-10+. The summed E-state index contributed by atoms with van der Waals surface area (Å²) < 4.78 is 1.84. The molecule has 4 heteroatoms. The Bertz CT molecular complexity index is 687. The number of hydrogen-bond acceptors (Lipinski definition) is 2. The number of nitrogens with one attached hydrogen (secondary N) is 1. The number of nitriles is 1. The minimum absolute atomic E-state index is 0.0763. The SMILES string of the molecule is Cc1ccc(NC(=O)/C(C#N)=C/c2cccn2C)cc1. The van der Waals surface area contributed by atoms with Gasteiger partial charge in [0.05, 0.1) is 0 Å². The predicted octanol–water partition coefficient (Wildman–Crippen LogP) is 2.88. The van der Waals surface area contributed by atoms with Gasteiger partial charge in [-0.1, -0.05) is 17.7 Å². The van der Waals surface area contributed by atoms with Gasteiger partial charge in [-0.3, -0.25) is 4.79 Å². The van der Waals surface area contributed by atoms with E-state index in [4.69, 9.17) is 5.26 Å². The van der Waals surface area contributed by atoms with Crippen LogP contribution in [0, 0.1) is 18.3 Å². The van der Waals surface area contributed by atoms with Crippen molar-refractivity contribution in [3.05, 3.63) is 59.4 Å². The fourth-order valence-electron chi connectivity index (χ4n) is 1.76. The van der Waals surface area contributed by atoms with Crippen molar-refractivity contribution in [2.75, 3.05) is 5.32 Å². The molecule has 1 N–H and O–H groups in total. The summed E-state index contributed by atoms with van der Waals surface area (Å²) in [5.41, 5.74) is 2.67. The smallest absolute Gasteiger partial charge is 0.266 e. The number of benzene rings is 1. The molecule has 0 saturated heterocycles. The van der Waals surface area contributed by atoms with E-state index < -0.39 is 5.91 Å². The lowest BCUT2D eigenvalue weighted by Crippen LogP contribution is -2.13. The van der Waals surface area contributed by atoms with E-state index in [1.807, 2.05) is 67.2 Å². The third kappa shape index (κ3) is 3.15. The molecule has 100 valence electrons. The van der Waals surface area contributed by atoms with Crippen molar-refractivity contribution < 1.29 is 4.79 Å². The van der Waals surface area contributed by atoms with Crippen molar-refractivity contribution in [2.45, 2.75) is 6.92 Å². The molecule has 1 aromatic carbocycles. The lowest BCUT2D eigenvalue weighted by atomic mass is 10.2. The Balaban J connectivity index is 2.18. The summed E-state index contributed by atoms with van der Waals surface area (Å²) in [6, 6.07) is 13.1. The zero-order valence-corrected chi connectivity index (χ0v) is 11.4. The van der Waals surface area contributed by atoms with Gasteiger partial charge in [-0.2, -0.15) is 5.26 Å². The van der Waals surface area contributed by atoms with Crippen LogP contribution in [0.1, 0.15) is 11.3 Å². The van der Waals surface area contributed by atoms with Crippen LogP contribution in [0.3, 0.4) is 0 Å². The van der Waals surface area contributed by atoms with Crippen molar-refractivity contribution in [3.63, 3.8) is 0 Å². The van der Waals surface area contributed by atoms with Crippen LogP contribution in [0.5, 0.6) is 0 Å². The first-order valence-electron chi connectivity index (χ1n) is 6.21. The van der Waals surface area contributed by atoms with Crippen LogP contribution in [0.2, 0.25) is 0 Å². The number of aromatic nitrogens is 1. The van der Waals surface area contributed by atoms with Crippen molar-refractivity contribution in [1.29, 1.82) is 5.26 Å². The Morgan fingerprint density at radius 3 is 2.55 bits per heavy atom. The lowest BCUT2D eigenvalue weighted by Gasteiger charge is -2.05. The van der Waals surface area contributed by atoms with E-state index in [0.29, 0.717) is 5.69 Å². The second kappa shape index (κ2) is 5.89.